The molecule has 0 atom stereocenters. The van der Waals surface area contributed by atoms with Crippen molar-refractivity contribution in [2.75, 3.05) is 0 Å². The van der Waals surface area contributed by atoms with Crippen molar-refractivity contribution < 1.29 is 9.21 Å². The highest BCUT2D eigenvalue weighted by atomic mass is 16.3. The van der Waals surface area contributed by atoms with Gasteiger partial charge in [-0.05, 0) is 91.9 Å². The second kappa shape index (κ2) is 7.55. The van der Waals surface area contributed by atoms with E-state index in [2.05, 4.69) is 24.1 Å². The predicted octanol–water partition coefficient (Wildman–Crippen LogP) is 5.66. The molecule has 0 unspecified atom stereocenters. The average molecular weight is 384 g/mol. The molecule has 29 heavy (non-hydrogen) atoms. The van der Waals surface area contributed by atoms with Crippen LogP contribution in [0.4, 0.5) is 0 Å². The number of rotatable bonds is 4. The molecule has 146 valence electrons. The highest BCUT2D eigenvalue weighted by Crippen LogP contribution is 2.26. The van der Waals surface area contributed by atoms with Crippen molar-refractivity contribution in [2.24, 2.45) is 0 Å². The summed E-state index contributed by atoms with van der Waals surface area (Å²) in [4.78, 5) is 17.0. The first-order valence-corrected chi connectivity index (χ1v) is 9.73. The standard InChI is InChI=1S/C25H24N2O2/c1-15-5-8-21(11-16(15)2)24(28)26-14-19-6-9-20(10-7-19)25-27-22-12-17(3)18(4)13-23(22)29-25/h5-13H,14H2,1-4H3,(H,26,28). The number of nitrogens with zero attached hydrogens (tertiary/aromatic N) is 1. The molecule has 4 rings (SSSR count). The summed E-state index contributed by atoms with van der Waals surface area (Å²) >= 11 is 0. The Labute approximate surface area is 170 Å². The summed E-state index contributed by atoms with van der Waals surface area (Å²) < 4.78 is 5.93. The van der Waals surface area contributed by atoms with Crippen molar-refractivity contribution in [1.82, 2.24) is 10.3 Å². The fourth-order valence-corrected chi connectivity index (χ4v) is 3.24. The number of hydrogen-bond donors (Lipinski definition) is 1. The maximum Gasteiger partial charge on any atom is 0.251 e. The summed E-state index contributed by atoms with van der Waals surface area (Å²) in [5.74, 6) is 0.539. The van der Waals surface area contributed by atoms with Crippen molar-refractivity contribution in [1.29, 1.82) is 0 Å². The Bertz CT molecular complexity index is 1160. The molecule has 3 aromatic carbocycles. The van der Waals surface area contributed by atoms with Crippen LogP contribution < -0.4 is 5.32 Å². The van der Waals surface area contributed by atoms with Gasteiger partial charge >= 0.3 is 0 Å². The van der Waals surface area contributed by atoms with Crippen molar-refractivity contribution >= 4 is 17.0 Å². The summed E-state index contributed by atoms with van der Waals surface area (Å²) in [7, 11) is 0. The van der Waals surface area contributed by atoms with E-state index in [1.807, 2.05) is 68.4 Å². The van der Waals surface area contributed by atoms with E-state index in [1.54, 1.807) is 0 Å². The van der Waals surface area contributed by atoms with Gasteiger partial charge in [0.25, 0.3) is 5.91 Å². The lowest BCUT2D eigenvalue weighted by atomic mass is 10.1. The monoisotopic (exact) mass is 384 g/mol. The first-order valence-electron chi connectivity index (χ1n) is 9.73. The molecule has 4 aromatic rings. The Kier molecular flexibility index (Phi) is 4.93. The summed E-state index contributed by atoms with van der Waals surface area (Å²) in [6.45, 7) is 8.66. The number of aromatic nitrogens is 1. The molecule has 0 spiro atoms. The van der Waals surface area contributed by atoms with E-state index in [9.17, 15) is 4.79 Å². The van der Waals surface area contributed by atoms with Crippen LogP contribution >= 0.6 is 0 Å². The lowest BCUT2D eigenvalue weighted by molar-refractivity contribution is 0.0951. The third kappa shape index (κ3) is 3.92. The number of nitrogens with one attached hydrogen (secondary N) is 1. The fourth-order valence-electron chi connectivity index (χ4n) is 3.24. The highest BCUT2D eigenvalue weighted by Gasteiger charge is 2.10. The number of benzene rings is 3. The van der Waals surface area contributed by atoms with Gasteiger partial charge in [0.15, 0.2) is 5.58 Å². The first kappa shape index (κ1) is 18.9. The Morgan fingerprint density at radius 1 is 0.862 bits per heavy atom. The van der Waals surface area contributed by atoms with Crippen LogP contribution in [0.3, 0.4) is 0 Å². The number of carbonyl (C=O) groups is 1. The van der Waals surface area contributed by atoms with Gasteiger partial charge in [-0.25, -0.2) is 4.98 Å². The molecule has 1 N–H and O–H groups in total. The fraction of sp³-hybridized carbons (Fsp3) is 0.200. The van der Waals surface area contributed by atoms with Crippen molar-refractivity contribution in [3.63, 3.8) is 0 Å². The van der Waals surface area contributed by atoms with Gasteiger partial charge in [0.05, 0.1) is 0 Å². The van der Waals surface area contributed by atoms with Crippen LogP contribution in [-0.4, -0.2) is 10.9 Å². The van der Waals surface area contributed by atoms with Crippen LogP contribution in [0, 0.1) is 27.7 Å². The van der Waals surface area contributed by atoms with E-state index in [4.69, 9.17) is 4.42 Å². The minimum atomic E-state index is -0.0677. The Balaban J connectivity index is 1.46. The van der Waals surface area contributed by atoms with Crippen LogP contribution in [0.2, 0.25) is 0 Å². The molecule has 0 aliphatic heterocycles. The second-order valence-electron chi connectivity index (χ2n) is 7.60. The number of oxazole rings is 1. The van der Waals surface area contributed by atoms with Crippen molar-refractivity contribution in [3.05, 3.63) is 88.0 Å². The predicted molar refractivity (Wildman–Crippen MR) is 116 cm³/mol. The lowest BCUT2D eigenvalue weighted by Crippen LogP contribution is -2.22. The van der Waals surface area contributed by atoms with E-state index in [0.29, 0.717) is 18.0 Å². The number of amides is 1. The average Bonchev–Trinajstić information content (AvgIpc) is 3.11. The van der Waals surface area contributed by atoms with Gasteiger partial charge < -0.3 is 9.73 Å². The van der Waals surface area contributed by atoms with Gasteiger partial charge in [0.1, 0.15) is 5.52 Å². The molecule has 0 aliphatic rings. The lowest BCUT2D eigenvalue weighted by Gasteiger charge is -2.08. The molecule has 0 radical (unpaired) electrons. The largest absolute Gasteiger partial charge is 0.436 e. The summed E-state index contributed by atoms with van der Waals surface area (Å²) in [6, 6.07) is 17.8. The molecule has 1 amide bonds. The normalized spacial score (nSPS) is 11.0. The van der Waals surface area contributed by atoms with Crippen LogP contribution in [0.5, 0.6) is 0 Å². The first-order chi connectivity index (χ1) is 13.9. The third-order valence-corrected chi connectivity index (χ3v) is 5.43. The van der Waals surface area contributed by atoms with Crippen LogP contribution in [0.1, 0.15) is 38.2 Å². The summed E-state index contributed by atoms with van der Waals surface area (Å²) in [6.07, 6.45) is 0. The zero-order valence-electron chi connectivity index (χ0n) is 17.2. The van der Waals surface area contributed by atoms with E-state index >= 15 is 0 Å². The minimum Gasteiger partial charge on any atom is -0.436 e. The van der Waals surface area contributed by atoms with Gasteiger partial charge in [-0.15, -0.1) is 0 Å². The van der Waals surface area contributed by atoms with Gasteiger partial charge in [-0.2, -0.15) is 0 Å². The van der Waals surface area contributed by atoms with E-state index in [1.165, 1.54) is 16.7 Å². The minimum absolute atomic E-state index is 0.0677. The van der Waals surface area contributed by atoms with Crippen LogP contribution in [0.15, 0.2) is 59.0 Å². The number of hydrogen-bond acceptors (Lipinski definition) is 3. The SMILES string of the molecule is Cc1ccc(C(=O)NCc2ccc(-c3nc4cc(C)c(C)cc4o3)cc2)cc1C. The van der Waals surface area contributed by atoms with Crippen LogP contribution in [0.25, 0.3) is 22.6 Å². The Morgan fingerprint density at radius 2 is 1.55 bits per heavy atom. The quantitative estimate of drug-likeness (QED) is 0.494. The molecule has 0 saturated carbocycles. The van der Waals surface area contributed by atoms with E-state index < -0.39 is 0 Å². The summed E-state index contributed by atoms with van der Waals surface area (Å²) in [5.41, 5.74) is 8.98. The van der Waals surface area contributed by atoms with Gasteiger partial charge in [-0.3, -0.25) is 4.79 Å². The van der Waals surface area contributed by atoms with Crippen LogP contribution in [-0.2, 0) is 6.54 Å². The molecular formula is C25H24N2O2. The van der Waals surface area contributed by atoms with Gasteiger partial charge in [-0.1, -0.05) is 18.2 Å². The number of aryl methyl sites for hydroxylation is 4. The third-order valence-electron chi connectivity index (χ3n) is 5.43. The molecule has 4 nitrogen and oxygen atoms in total. The molecule has 0 saturated heterocycles. The zero-order chi connectivity index (χ0) is 20.5. The van der Waals surface area contributed by atoms with E-state index in [0.717, 1.165) is 27.8 Å². The molecule has 4 heteroatoms. The molecule has 0 fully saturated rings. The highest BCUT2D eigenvalue weighted by molar-refractivity contribution is 5.94. The molecule has 1 aromatic heterocycles. The smallest absolute Gasteiger partial charge is 0.251 e. The van der Waals surface area contributed by atoms with Crippen molar-refractivity contribution in [2.45, 2.75) is 34.2 Å². The Hall–Kier alpha value is -3.40. The van der Waals surface area contributed by atoms with Gasteiger partial charge in [0, 0.05) is 17.7 Å². The summed E-state index contributed by atoms with van der Waals surface area (Å²) in [5, 5.41) is 2.98. The molecule has 0 aliphatic carbocycles. The maximum absolute atomic E-state index is 12.4. The Morgan fingerprint density at radius 3 is 2.28 bits per heavy atom. The maximum atomic E-state index is 12.4. The number of carbonyl (C=O) groups excluding carboxylic acids is 1. The topological polar surface area (TPSA) is 55.1 Å². The molecule has 0 bridgehead atoms. The van der Waals surface area contributed by atoms with Gasteiger partial charge in [0.2, 0.25) is 5.89 Å². The number of fused-ring (bicyclic) bond motifs is 1. The molecule has 1 heterocycles. The molecular weight excluding hydrogens is 360 g/mol. The van der Waals surface area contributed by atoms with E-state index in [-0.39, 0.29) is 5.91 Å². The zero-order valence-corrected chi connectivity index (χ0v) is 17.2. The second-order valence-corrected chi connectivity index (χ2v) is 7.60. The van der Waals surface area contributed by atoms with Crippen molar-refractivity contribution in [3.8, 4) is 11.5 Å².